The van der Waals surface area contributed by atoms with Crippen LogP contribution in [0.15, 0.2) is 24.3 Å². The molecule has 1 N–H and O–H groups in total. The van der Waals surface area contributed by atoms with E-state index >= 15 is 0 Å². The number of aryl methyl sites for hydroxylation is 1. The van der Waals surface area contributed by atoms with E-state index in [1.54, 1.807) is 6.07 Å². The molecule has 0 saturated heterocycles. The Labute approximate surface area is 163 Å². The Bertz CT molecular complexity index is 773. The molecular weight excluding hydrogens is 339 g/mol. The molecule has 2 aromatic rings. The van der Waals surface area contributed by atoms with E-state index < -0.39 is 11.2 Å². The zero-order valence-electron chi connectivity index (χ0n) is 16.2. The Kier molecular flexibility index (Phi) is 6.30. The van der Waals surface area contributed by atoms with Crippen LogP contribution in [-0.2, 0) is 18.5 Å². The maximum Gasteiger partial charge on any atom is 0.211 e. The Balaban J connectivity index is 1.86. The van der Waals surface area contributed by atoms with Gasteiger partial charge in [0, 0.05) is 19.2 Å². The number of aromatic nitrogens is 2. The minimum atomic E-state index is -1.64. The molecule has 0 unspecified atom stereocenters. The lowest BCUT2D eigenvalue weighted by atomic mass is 9.60. The molecule has 4 nitrogen and oxygen atoms in total. The van der Waals surface area contributed by atoms with Crippen molar-refractivity contribution in [2.45, 2.75) is 58.0 Å². The van der Waals surface area contributed by atoms with Crippen LogP contribution in [0.3, 0.4) is 0 Å². The fourth-order valence-electron chi connectivity index (χ4n) is 3.68. The van der Waals surface area contributed by atoms with E-state index in [9.17, 15) is 4.39 Å². The summed E-state index contributed by atoms with van der Waals surface area (Å²) in [4.78, 5) is 0. The predicted molar refractivity (Wildman–Crippen MR) is 107 cm³/mol. The zero-order valence-corrected chi connectivity index (χ0v) is 16.2. The van der Waals surface area contributed by atoms with Crippen molar-refractivity contribution in [3.8, 4) is 5.88 Å². The second-order valence-corrected chi connectivity index (χ2v) is 7.44. The molecule has 1 aliphatic rings. The van der Waals surface area contributed by atoms with Gasteiger partial charge >= 0.3 is 0 Å². The largest absolute Gasteiger partial charge is 0.487 e. The van der Waals surface area contributed by atoms with Crippen molar-refractivity contribution in [3.05, 3.63) is 46.9 Å². The van der Waals surface area contributed by atoms with Crippen LogP contribution in [0.5, 0.6) is 5.88 Å². The molecule has 0 aliphatic heterocycles. The van der Waals surface area contributed by atoms with E-state index in [-0.39, 0.29) is 0 Å². The van der Waals surface area contributed by atoms with E-state index in [0.29, 0.717) is 23.9 Å². The molecule has 1 saturated carbocycles. The average Bonchev–Trinajstić information content (AvgIpc) is 3.25. The van der Waals surface area contributed by atoms with Crippen LogP contribution in [0.4, 0.5) is 4.39 Å². The van der Waals surface area contributed by atoms with Gasteiger partial charge in [-0.05, 0) is 55.5 Å². The zero-order chi connectivity index (χ0) is 19.4. The molecule has 140 valence electrons. The lowest BCUT2D eigenvalue weighted by molar-refractivity contribution is 0.211. The molecule has 0 bridgehead atoms. The second kappa shape index (κ2) is 8.51. The summed E-state index contributed by atoms with van der Waals surface area (Å²) in [5, 5.41) is 6.30. The first kappa shape index (κ1) is 20.0. The Morgan fingerprint density at radius 3 is 2.74 bits per heavy atom. The summed E-state index contributed by atoms with van der Waals surface area (Å²) in [7, 11) is 12.5. The van der Waals surface area contributed by atoms with Gasteiger partial charge in [-0.15, -0.1) is 0 Å². The summed E-state index contributed by atoms with van der Waals surface area (Å²) in [6.07, 6.45) is 4.90. The summed E-state index contributed by atoms with van der Waals surface area (Å²) in [6, 6.07) is 6.22. The molecule has 27 heavy (non-hydrogen) atoms. The van der Waals surface area contributed by atoms with Crippen LogP contribution in [0.2, 0.25) is 0 Å². The van der Waals surface area contributed by atoms with Crippen LogP contribution in [0, 0.1) is 18.7 Å². The number of nitrogens with one attached hydrogen (secondary N) is 1. The van der Waals surface area contributed by atoms with Gasteiger partial charge < -0.3 is 10.1 Å². The van der Waals surface area contributed by atoms with Crippen molar-refractivity contribution in [2.24, 2.45) is 5.92 Å². The Morgan fingerprint density at radius 1 is 1.30 bits per heavy atom. The number of rotatable bonds is 8. The summed E-state index contributed by atoms with van der Waals surface area (Å²) < 4.78 is 21.6. The van der Waals surface area contributed by atoms with Gasteiger partial charge in [-0.25, -0.2) is 9.07 Å². The number of ether oxygens (including phenoxy) is 1. The first-order valence-electron chi connectivity index (χ1n) is 9.70. The molecule has 1 aromatic heterocycles. The van der Waals surface area contributed by atoms with Gasteiger partial charge in [-0.2, -0.15) is 5.10 Å². The lowest BCUT2D eigenvalue weighted by Crippen LogP contribution is -2.36. The first-order valence-corrected chi connectivity index (χ1v) is 9.70. The third-order valence-electron chi connectivity index (χ3n) is 5.15. The molecule has 3 rings (SSSR count). The molecule has 1 aromatic carbocycles. The summed E-state index contributed by atoms with van der Waals surface area (Å²) in [6.45, 7) is 6.15. The molecule has 1 heterocycles. The third kappa shape index (κ3) is 4.95. The highest BCUT2D eigenvalue weighted by Crippen LogP contribution is 2.30. The van der Waals surface area contributed by atoms with E-state index in [2.05, 4.69) is 10.4 Å². The van der Waals surface area contributed by atoms with Gasteiger partial charge in [0.2, 0.25) is 5.88 Å². The topological polar surface area (TPSA) is 39.1 Å². The van der Waals surface area contributed by atoms with Gasteiger partial charge in [0.15, 0.2) is 0 Å². The van der Waals surface area contributed by atoms with Crippen molar-refractivity contribution >= 4 is 15.7 Å². The highest BCUT2D eigenvalue weighted by molar-refractivity contribution is 6.39. The first-order chi connectivity index (χ1) is 12.9. The molecule has 0 atom stereocenters. The monoisotopic (exact) mass is 365 g/mol. The third-order valence-corrected chi connectivity index (χ3v) is 5.15. The van der Waals surface area contributed by atoms with Crippen molar-refractivity contribution in [1.82, 2.24) is 15.1 Å². The van der Waals surface area contributed by atoms with Crippen LogP contribution in [0.25, 0.3) is 0 Å². The maximum atomic E-state index is 13.7. The highest BCUT2D eigenvalue weighted by atomic mass is 19.1. The van der Waals surface area contributed by atoms with E-state index in [1.807, 2.05) is 24.6 Å². The molecule has 0 spiro atoms. The molecule has 0 amide bonds. The van der Waals surface area contributed by atoms with Crippen LogP contribution in [-0.4, -0.2) is 32.0 Å². The number of benzene rings is 1. The minimum Gasteiger partial charge on any atom is -0.487 e. The van der Waals surface area contributed by atoms with Crippen molar-refractivity contribution in [2.75, 3.05) is 6.54 Å². The van der Waals surface area contributed by atoms with Gasteiger partial charge in [0.25, 0.3) is 0 Å². The lowest BCUT2D eigenvalue weighted by Gasteiger charge is -2.30. The quantitative estimate of drug-likeness (QED) is 0.731. The van der Waals surface area contributed by atoms with Gasteiger partial charge in [0.1, 0.15) is 21.5 Å². The normalized spacial score (nSPS) is 15.4. The SMILES string of the molecule is [B]C([B])(Oc1cc(CNCC)nn1CC1CCCC1)c1cc(F)ccc1C. The number of nitrogens with zero attached hydrogens (tertiary/aromatic N) is 2. The summed E-state index contributed by atoms with van der Waals surface area (Å²) in [5.74, 6) is 0.704. The second-order valence-electron chi connectivity index (χ2n) is 7.44. The van der Waals surface area contributed by atoms with Crippen molar-refractivity contribution in [3.63, 3.8) is 0 Å². The van der Waals surface area contributed by atoms with Crippen molar-refractivity contribution < 1.29 is 9.13 Å². The van der Waals surface area contributed by atoms with E-state index in [0.717, 1.165) is 24.3 Å². The summed E-state index contributed by atoms with van der Waals surface area (Å²) >= 11 is 0. The minimum absolute atomic E-state index is 0.397. The predicted octanol–water partition coefficient (Wildman–Crippen LogP) is 3.16. The standard InChI is InChI=1S/C20H26B2FN3O/c1-3-24-12-17-11-19(26(25-17)13-15-6-4-5-7-15)27-20(21,22)18-10-16(23)9-8-14(18)2/h8-11,15,24H,3-7,12-13H2,1-2H3. The number of halogens is 1. The Morgan fingerprint density at radius 2 is 2.04 bits per heavy atom. The van der Waals surface area contributed by atoms with Crippen LogP contribution < -0.4 is 10.1 Å². The van der Waals surface area contributed by atoms with E-state index in [1.165, 1.54) is 37.8 Å². The highest BCUT2D eigenvalue weighted by Gasteiger charge is 2.27. The van der Waals surface area contributed by atoms with Gasteiger partial charge in [0.05, 0.1) is 11.1 Å². The summed E-state index contributed by atoms with van der Waals surface area (Å²) in [5.41, 5.74) is 2.07. The molecule has 4 radical (unpaired) electrons. The van der Waals surface area contributed by atoms with Gasteiger partial charge in [-0.3, -0.25) is 0 Å². The number of hydrogen-bond donors (Lipinski definition) is 1. The fourth-order valence-corrected chi connectivity index (χ4v) is 3.68. The maximum absolute atomic E-state index is 13.7. The van der Waals surface area contributed by atoms with Crippen molar-refractivity contribution in [1.29, 1.82) is 0 Å². The van der Waals surface area contributed by atoms with Crippen LogP contribution >= 0.6 is 0 Å². The molecule has 1 fully saturated rings. The van der Waals surface area contributed by atoms with E-state index in [4.69, 9.17) is 20.4 Å². The molecular formula is C20H26B2FN3O. The smallest absolute Gasteiger partial charge is 0.211 e. The Hall–Kier alpha value is -1.75. The fraction of sp³-hybridized carbons (Fsp3) is 0.550. The van der Waals surface area contributed by atoms with Gasteiger partial charge in [-0.1, -0.05) is 25.8 Å². The van der Waals surface area contributed by atoms with Crippen LogP contribution in [0.1, 0.15) is 49.4 Å². The molecule has 1 aliphatic carbocycles. The molecule has 7 heteroatoms. The average molecular weight is 365 g/mol. The number of hydrogen-bond acceptors (Lipinski definition) is 3.